The fourth-order valence-electron chi connectivity index (χ4n) is 0.829. The van der Waals surface area contributed by atoms with E-state index in [2.05, 4.69) is 35.7 Å². The smallest absolute Gasteiger partial charge is 0.132 e. The summed E-state index contributed by atoms with van der Waals surface area (Å²) in [5, 5.41) is 0. The van der Waals surface area contributed by atoms with Crippen LogP contribution in [0.4, 0.5) is 0 Å². The molecule has 0 saturated heterocycles. The average molecular weight is 151 g/mol. The molecule has 0 aliphatic heterocycles. The highest BCUT2D eigenvalue weighted by Crippen LogP contribution is 2.17. The highest BCUT2D eigenvalue weighted by atomic mass is 15.0. The Morgan fingerprint density at radius 1 is 1.18 bits per heavy atom. The molecular formula is C8H13N3. The van der Waals surface area contributed by atoms with E-state index in [1.165, 1.54) is 12.7 Å². The molecule has 0 radical (unpaired) electrons. The van der Waals surface area contributed by atoms with Crippen molar-refractivity contribution < 1.29 is 0 Å². The Morgan fingerprint density at radius 3 is 2.18 bits per heavy atom. The first-order valence-corrected chi connectivity index (χ1v) is 3.69. The lowest BCUT2D eigenvalue weighted by atomic mass is 9.92. The molecule has 0 bridgehead atoms. The molecule has 1 aromatic heterocycles. The number of hydrogen-bond acceptors (Lipinski definition) is 3. The Hall–Kier alpha value is -0.990. The van der Waals surface area contributed by atoms with E-state index in [1.54, 1.807) is 0 Å². The number of aromatic nitrogens is 3. The van der Waals surface area contributed by atoms with Crippen molar-refractivity contribution in [2.75, 3.05) is 0 Å². The van der Waals surface area contributed by atoms with E-state index in [1.807, 2.05) is 0 Å². The molecule has 0 aromatic carbocycles. The standard InChI is InChI=1S/C8H13N3/c1-8(2,3)4-7-10-5-9-6-11-7/h5-6H,4H2,1-3H3. The van der Waals surface area contributed by atoms with Crippen molar-refractivity contribution in [1.82, 2.24) is 15.0 Å². The van der Waals surface area contributed by atoms with Gasteiger partial charge in [0, 0.05) is 6.42 Å². The van der Waals surface area contributed by atoms with Gasteiger partial charge in [0.15, 0.2) is 0 Å². The summed E-state index contributed by atoms with van der Waals surface area (Å²) in [6, 6.07) is 0. The maximum Gasteiger partial charge on any atom is 0.132 e. The molecule has 0 fully saturated rings. The molecule has 0 aliphatic rings. The SMILES string of the molecule is CC(C)(C)Cc1ncncn1. The average Bonchev–Trinajstić information content (AvgIpc) is 1.85. The van der Waals surface area contributed by atoms with Crippen LogP contribution in [0.25, 0.3) is 0 Å². The van der Waals surface area contributed by atoms with Crippen molar-refractivity contribution >= 4 is 0 Å². The van der Waals surface area contributed by atoms with Gasteiger partial charge in [-0.1, -0.05) is 20.8 Å². The molecular weight excluding hydrogens is 138 g/mol. The molecule has 11 heavy (non-hydrogen) atoms. The molecule has 1 heterocycles. The third kappa shape index (κ3) is 3.07. The van der Waals surface area contributed by atoms with Gasteiger partial charge in [-0.05, 0) is 5.41 Å². The summed E-state index contributed by atoms with van der Waals surface area (Å²) >= 11 is 0. The van der Waals surface area contributed by atoms with E-state index in [4.69, 9.17) is 0 Å². The molecule has 1 rings (SSSR count). The Balaban J connectivity index is 2.66. The van der Waals surface area contributed by atoms with Crippen molar-refractivity contribution in [3.05, 3.63) is 18.5 Å². The highest BCUT2D eigenvalue weighted by molar-refractivity contribution is 4.86. The molecule has 0 unspecified atom stereocenters. The molecule has 60 valence electrons. The van der Waals surface area contributed by atoms with Crippen LogP contribution in [0.5, 0.6) is 0 Å². The lowest BCUT2D eigenvalue weighted by molar-refractivity contribution is 0.400. The summed E-state index contributed by atoms with van der Waals surface area (Å²) in [4.78, 5) is 11.8. The van der Waals surface area contributed by atoms with Crippen LogP contribution in [0.1, 0.15) is 26.6 Å². The van der Waals surface area contributed by atoms with Gasteiger partial charge in [-0.15, -0.1) is 0 Å². The molecule has 0 N–H and O–H groups in total. The summed E-state index contributed by atoms with van der Waals surface area (Å²) < 4.78 is 0. The lowest BCUT2D eigenvalue weighted by Crippen LogP contribution is -2.11. The third-order valence-corrected chi connectivity index (χ3v) is 1.24. The highest BCUT2D eigenvalue weighted by Gasteiger charge is 2.12. The van der Waals surface area contributed by atoms with Crippen molar-refractivity contribution in [1.29, 1.82) is 0 Å². The van der Waals surface area contributed by atoms with Crippen molar-refractivity contribution in [3.63, 3.8) is 0 Å². The van der Waals surface area contributed by atoms with Crippen LogP contribution in [0.2, 0.25) is 0 Å². The van der Waals surface area contributed by atoms with Gasteiger partial charge in [-0.25, -0.2) is 15.0 Å². The Labute approximate surface area is 66.9 Å². The van der Waals surface area contributed by atoms with Crippen LogP contribution in [0, 0.1) is 5.41 Å². The fourth-order valence-corrected chi connectivity index (χ4v) is 0.829. The number of rotatable bonds is 1. The predicted octanol–water partition coefficient (Wildman–Crippen LogP) is 1.46. The number of hydrogen-bond donors (Lipinski definition) is 0. The van der Waals surface area contributed by atoms with Gasteiger partial charge in [0.1, 0.15) is 18.5 Å². The largest absolute Gasteiger partial charge is 0.225 e. The van der Waals surface area contributed by atoms with Crippen LogP contribution < -0.4 is 0 Å². The van der Waals surface area contributed by atoms with Crippen molar-refractivity contribution in [3.8, 4) is 0 Å². The van der Waals surface area contributed by atoms with Gasteiger partial charge in [0.05, 0.1) is 0 Å². The number of nitrogens with zero attached hydrogens (tertiary/aromatic N) is 3. The van der Waals surface area contributed by atoms with E-state index in [-0.39, 0.29) is 5.41 Å². The van der Waals surface area contributed by atoms with Gasteiger partial charge in [0.2, 0.25) is 0 Å². The maximum atomic E-state index is 4.04. The Bertz CT molecular complexity index is 213. The van der Waals surface area contributed by atoms with E-state index >= 15 is 0 Å². The second-order valence-corrected chi connectivity index (χ2v) is 3.79. The quantitative estimate of drug-likeness (QED) is 0.610. The monoisotopic (exact) mass is 151 g/mol. The zero-order chi connectivity index (χ0) is 8.32. The van der Waals surface area contributed by atoms with Crippen molar-refractivity contribution in [2.45, 2.75) is 27.2 Å². The minimum atomic E-state index is 0.251. The topological polar surface area (TPSA) is 38.7 Å². The van der Waals surface area contributed by atoms with Gasteiger partial charge in [-0.3, -0.25) is 0 Å². The Kier molecular flexibility index (Phi) is 2.17. The van der Waals surface area contributed by atoms with Crippen LogP contribution in [0.15, 0.2) is 12.7 Å². The molecule has 1 aromatic rings. The van der Waals surface area contributed by atoms with Gasteiger partial charge in [0.25, 0.3) is 0 Å². The van der Waals surface area contributed by atoms with E-state index in [9.17, 15) is 0 Å². The summed E-state index contributed by atoms with van der Waals surface area (Å²) in [7, 11) is 0. The van der Waals surface area contributed by atoms with Crippen molar-refractivity contribution in [2.24, 2.45) is 5.41 Å². The van der Waals surface area contributed by atoms with Crippen LogP contribution >= 0.6 is 0 Å². The molecule has 0 aliphatic carbocycles. The molecule has 0 spiro atoms. The van der Waals surface area contributed by atoms with Gasteiger partial charge in [-0.2, -0.15) is 0 Å². The van der Waals surface area contributed by atoms with E-state index < -0.39 is 0 Å². The zero-order valence-electron chi connectivity index (χ0n) is 7.20. The first-order chi connectivity index (χ1) is 5.08. The molecule has 0 atom stereocenters. The zero-order valence-corrected chi connectivity index (χ0v) is 7.20. The van der Waals surface area contributed by atoms with E-state index in [0.717, 1.165) is 12.2 Å². The minimum Gasteiger partial charge on any atom is -0.225 e. The second-order valence-electron chi connectivity index (χ2n) is 3.79. The van der Waals surface area contributed by atoms with Gasteiger partial charge >= 0.3 is 0 Å². The molecule has 3 heteroatoms. The summed E-state index contributed by atoms with van der Waals surface area (Å²) in [5.74, 6) is 0.868. The van der Waals surface area contributed by atoms with E-state index in [0.29, 0.717) is 0 Å². The molecule has 0 saturated carbocycles. The summed E-state index contributed by atoms with van der Waals surface area (Å²) in [6.07, 6.45) is 3.97. The lowest BCUT2D eigenvalue weighted by Gasteiger charge is -2.15. The van der Waals surface area contributed by atoms with Crippen LogP contribution in [-0.4, -0.2) is 15.0 Å². The second kappa shape index (κ2) is 2.95. The first-order valence-electron chi connectivity index (χ1n) is 3.69. The minimum absolute atomic E-state index is 0.251. The summed E-state index contributed by atoms with van der Waals surface area (Å²) in [5.41, 5.74) is 0.251. The first kappa shape index (κ1) is 8.11. The van der Waals surface area contributed by atoms with Crippen LogP contribution in [-0.2, 0) is 6.42 Å². The Morgan fingerprint density at radius 2 is 1.73 bits per heavy atom. The maximum absolute atomic E-state index is 4.04. The third-order valence-electron chi connectivity index (χ3n) is 1.24. The summed E-state index contributed by atoms with van der Waals surface area (Å²) in [6.45, 7) is 6.49. The van der Waals surface area contributed by atoms with Crippen LogP contribution in [0.3, 0.4) is 0 Å². The van der Waals surface area contributed by atoms with Gasteiger partial charge < -0.3 is 0 Å². The molecule has 3 nitrogen and oxygen atoms in total. The predicted molar refractivity (Wildman–Crippen MR) is 43.0 cm³/mol. The normalized spacial score (nSPS) is 11.5. The molecule has 0 amide bonds. The fraction of sp³-hybridized carbons (Fsp3) is 0.625.